The maximum atomic E-state index is 13.5. The number of tetrazole rings is 1. The second kappa shape index (κ2) is 7.18. The molecule has 0 amide bonds. The van der Waals surface area contributed by atoms with Crippen molar-refractivity contribution in [3.63, 3.8) is 0 Å². The van der Waals surface area contributed by atoms with E-state index in [0.717, 1.165) is 19.3 Å². The second-order valence-electron chi connectivity index (χ2n) is 9.34. The Hall–Kier alpha value is -2.77. The van der Waals surface area contributed by atoms with Gasteiger partial charge in [0, 0.05) is 24.5 Å². The lowest BCUT2D eigenvalue weighted by Gasteiger charge is -2.39. The van der Waals surface area contributed by atoms with Crippen LogP contribution in [0.5, 0.6) is 0 Å². The summed E-state index contributed by atoms with van der Waals surface area (Å²) in [6, 6.07) is 8.66. The van der Waals surface area contributed by atoms with E-state index >= 15 is 0 Å². The van der Waals surface area contributed by atoms with Crippen molar-refractivity contribution in [1.82, 2.24) is 24.9 Å². The van der Waals surface area contributed by atoms with Crippen molar-refractivity contribution in [1.29, 1.82) is 5.26 Å². The summed E-state index contributed by atoms with van der Waals surface area (Å²) in [7, 11) is -3.62. The van der Waals surface area contributed by atoms with Crippen LogP contribution in [0.25, 0.3) is 5.57 Å². The molecule has 2 aromatic rings. The van der Waals surface area contributed by atoms with Crippen molar-refractivity contribution in [3.05, 3.63) is 36.3 Å². The third-order valence-electron chi connectivity index (χ3n) is 5.90. The molecule has 1 aliphatic heterocycles. The van der Waals surface area contributed by atoms with Gasteiger partial charge in [-0.05, 0) is 53.5 Å². The molecule has 4 rings (SSSR count). The fourth-order valence-corrected chi connectivity index (χ4v) is 6.97. The molecule has 2 bridgehead atoms. The fourth-order valence-electron chi connectivity index (χ4n) is 5.15. The minimum Gasteiger partial charge on any atom is -0.360 e. The zero-order valence-corrected chi connectivity index (χ0v) is 18.1. The molecule has 9 nitrogen and oxygen atoms in total. The van der Waals surface area contributed by atoms with E-state index in [1.807, 2.05) is 6.07 Å². The molecule has 2 unspecified atom stereocenters. The lowest BCUT2D eigenvalue weighted by Crippen LogP contribution is -2.37. The van der Waals surface area contributed by atoms with Crippen molar-refractivity contribution in [2.45, 2.75) is 51.0 Å². The molecule has 2 aliphatic rings. The Morgan fingerprint density at radius 2 is 2.17 bits per heavy atom. The van der Waals surface area contributed by atoms with Gasteiger partial charge in [-0.3, -0.25) is 0 Å². The van der Waals surface area contributed by atoms with E-state index in [1.165, 1.54) is 6.20 Å². The number of nitrogens with zero attached hydrogens (tertiary/aromatic N) is 5. The number of fused-ring (bicyclic) bond motifs is 2. The summed E-state index contributed by atoms with van der Waals surface area (Å²) < 4.78 is 28.6. The number of benzene rings is 1. The quantitative estimate of drug-likeness (QED) is 0.702. The first-order valence-electron chi connectivity index (χ1n) is 9.85. The molecule has 158 valence electrons. The molecule has 2 atom stereocenters. The van der Waals surface area contributed by atoms with Crippen LogP contribution in [-0.4, -0.2) is 45.9 Å². The molecule has 1 aromatic carbocycles. The summed E-state index contributed by atoms with van der Waals surface area (Å²) in [6.45, 7) is 7.19. The lowest BCUT2D eigenvalue weighted by molar-refractivity contribution is 0.133. The Morgan fingerprint density at radius 1 is 1.37 bits per heavy atom. The van der Waals surface area contributed by atoms with Gasteiger partial charge in [0.1, 0.15) is 11.6 Å². The first-order valence-corrected chi connectivity index (χ1v) is 11.3. The summed E-state index contributed by atoms with van der Waals surface area (Å²) in [4.78, 5) is 0.243. The minimum atomic E-state index is -3.62. The highest BCUT2D eigenvalue weighted by Crippen LogP contribution is 2.53. The van der Waals surface area contributed by atoms with Gasteiger partial charge in [0.2, 0.25) is 15.8 Å². The third kappa shape index (κ3) is 3.82. The number of rotatable bonds is 5. The third-order valence-corrected chi connectivity index (χ3v) is 7.79. The van der Waals surface area contributed by atoms with E-state index in [-0.39, 0.29) is 33.2 Å². The van der Waals surface area contributed by atoms with Gasteiger partial charge in [-0.25, -0.2) is 8.42 Å². The summed E-state index contributed by atoms with van der Waals surface area (Å²) >= 11 is 0. The molecule has 1 saturated carbocycles. The molecule has 0 spiro atoms. The van der Waals surface area contributed by atoms with Crippen LogP contribution in [0.3, 0.4) is 0 Å². The molecular weight excluding hydrogens is 402 g/mol. The van der Waals surface area contributed by atoms with Gasteiger partial charge in [-0.15, -0.1) is 10.2 Å². The van der Waals surface area contributed by atoms with Gasteiger partial charge < -0.3 is 5.32 Å². The first kappa shape index (κ1) is 20.5. The van der Waals surface area contributed by atoms with Crippen LogP contribution in [0.1, 0.15) is 45.9 Å². The predicted octanol–water partition coefficient (Wildman–Crippen LogP) is 2.77. The summed E-state index contributed by atoms with van der Waals surface area (Å²) in [5.41, 5.74) is 0.894. The maximum absolute atomic E-state index is 13.5. The van der Waals surface area contributed by atoms with Crippen LogP contribution in [0.4, 0.5) is 5.69 Å². The Bertz CT molecular complexity index is 1120. The number of H-pyrrole nitrogens is 1. The molecule has 0 radical (unpaired) electrons. The predicted molar refractivity (Wildman–Crippen MR) is 111 cm³/mol. The molecule has 1 aromatic heterocycles. The molecule has 2 heterocycles. The van der Waals surface area contributed by atoms with E-state index in [2.05, 4.69) is 46.7 Å². The van der Waals surface area contributed by atoms with E-state index in [1.54, 1.807) is 28.6 Å². The van der Waals surface area contributed by atoms with Gasteiger partial charge in [0.15, 0.2) is 0 Å². The molecule has 2 N–H and O–H groups in total. The summed E-state index contributed by atoms with van der Waals surface area (Å²) in [5.74, 6) is 0.161. The number of aromatic nitrogens is 4. The van der Waals surface area contributed by atoms with E-state index in [4.69, 9.17) is 0 Å². The van der Waals surface area contributed by atoms with Crippen LogP contribution < -0.4 is 5.32 Å². The normalized spacial score (nSPS) is 26.3. The summed E-state index contributed by atoms with van der Waals surface area (Å²) in [5, 5.41) is 25.5. The van der Waals surface area contributed by atoms with Crippen molar-refractivity contribution < 1.29 is 8.42 Å². The van der Waals surface area contributed by atoms with Crippen LogP contribution in [0, 0.1) is 22.2 Å². The standard InChI is InChI=1S/C20H25N7O2S/c1-19(2)8-16-9-20(3,12-19)13-27(16)30(28,29)17-6-4-5-15(7-17)22-11-14(10-21)18-23-25-26-24-18/h4-7,11,16,22H,8-9,12-13H2,1-3H3,(H,23,24,25,26). The van der Waals surface area contributed by atoms with Crippen LogP contribution in [-0.2, 0) is 10.0 Å². The average Bonchev–Trinajstić information content (AvgIpc) is 3.28. The van der Waals surface area contributed by atoms with Crippen LogP contribution in [0.15, 0.2) is 35.4 Å². The van der Waals surface area contributed by atoms with Crippen LogP contribution >= 0.6 is 0 Å². The molecule has 1 aliphatic carbocycles. The number of hydrogen-bond acceptors (Lipinski definition) is 7. The minimum absolute atomic E-state index is 0.0182. The van der Waals surface area contributed by atoms with Gasteiger partial charge in [-0.1, -0.05) is 26.8 Å². The molecule has 1 saturated heterocycles. The maximum Gasteiger partial charge on any atom is 0.243 e. The Kier molecular flexibility index (Phi) is 4.91. The largest absolute Gasteiger partial charge is 0.360 e. The van der Waals surface area contributed by atoms with Gasteiger partial charge in [0.25, 0.3) is 0 Å². The molecule has 10 heteroatoms. The van der Waals surface area contributed by atoms with Crippen LogP contribution in [0.2, 0.25) is 0 Å². The smallest absolute Gasteiger partial charge is 0.243 e. The SMILES string of the molecule is CC1(C)CC2CC(C)(CN2S(=O)(=O)c2cccc(NC=C(C#N)c3nn[nH]n3)c2)C1. The van der Waals surface area contributed by atoms with Gasteiger partial charge >= 0.3 is 0 Å². The topological polar surface area (TPSA) is 128 Å². The number of nitrogens with one attached hydrogen (secondary N) is 2. The van der Waals surface area contributed by atoms with E-state index in [9.17, 15) is 13.7 Å². The average molecular weight is 428 g/mol. The highest BCUT2D eigenvalue weighted by molar-refractivity contribution is 7.89. The number of anilines is 1. The van der Waals surface area contributed by atoms with Crippen molar-refractivity contribution in [2.75, 3.05) is 11.9 Å². The Balaban J connectivity index is 1.59. The number of sulfonamides is 1. The number of nitriles is 1. The number of hydrogen-bond donors (Lipinski definition) is 2. The fraction of sp³-hybridized carbons (Fsp3) is 0.500. The lowest BCUT2D eigenvalue weighted by atomic mass is 9.65. The highest BCUT2D eigenvalue weighted by atomic mass is 32.2. The zero-order chi connectivity index (χ0) is 21.6. The molecule has 2 fully saturated rings. The van der Waals surface area contributed by atoms with Gasteiger partial charge in [-0.2, -0.15) is 14.8 Å². The number of allylic oxidation sites excluding steroid dienone is 1. The Morgan fingerprint density at radius 3 is 2.87 bits per heavy atom. The Labute approximate surface area is 176 Å². The molecule has 30 heavy (non-hydrogen) atoms. The van der Waals surface area contributed by atoms with Crippen molar-refractivity contribution in [2.24, 2.45) is 10.8 Å². The molecular formula is C20H25N7O2S. The zero-order valence-electron chi connectivity index (χ0n) is 17.3. The van der Waals surface area contributed by atoms with Crippen molar-refractivity contribution in [3.8, 4) is 6.07 Å². The van der Waals surface area contributed by atoms with Gasteiger partial charge in [0.05, 0.1) is 4.90 Å². The van der Waals surface area contributed by atoms with Crippen molar-refractivity contribution >= 4 is 21.3 Å². The second-order valence-corrected chi connectivity index (χ2v) is 11.2. The first-order chi connectivity index (χ1) is 14.1. The summed E-state index contributed by atoms with van der Waals surface area (Å²) in [6.07, 6.45) is 4.25. The monoisotopic (exact) mass is 427 g/mol. The highest BCUT2D eigenvalue weighted by Gasteiger charge is 2.53. The van der Waals surface area contributed by atoms with E-state index in [0.29, 0.717) is 12.2 Å². The van der Waals surface area contributed by atoms with E-state index < -0.39 is 10.0 Å². The number of aromatic amines is 1.